The second-order valence-corrected chi connectivity index (χ2v) is 7.58. The number of hydrogen-bond donors (Lipinski definition) is 4. The van der Waals surface area contributed by atoms with E-state index in [-0.39, 0.29) is 28.0 Å². The van der Waals surface area contributed by atoms with Crippen LogP contribution < -0.4 is 26.4 Å². The molecule has 3 rings (SSSR count). The van der Waals surface area contributed by atoms with Crippen LogP contribution in [-0.2, 0) is 4.79 Å². The van der Waals surface area contributed by atoms with Gasteiger partial charge in [-0.05, 0) is 36.4 Å². The van der Waals surface area contributed by atoms with Gasteiger partial charge < -0.3 is 4.74 Å². The van der Waals surface area contributed by atoms with E-state index in [1.54, 1.807) is 12.1 Å². The van der Waals surface area contributed by atoms with Crippen LogP contribution in [0, 0.1) is 10.1 Å². The van der Waals surface area contributed by atoms with Crippen LogP contribution in [0.1, 0.15) is 10.4 Å². The zero-order valence-corrected chi connectivity index (χ0v) is 19.1. The Balaban J connectivity index is 1.63. The molecule has 0 spiro atoms. The summed E-state index contributed by atoms with van der Waals surface area (Å²) in [7, 11) is 0. The number of carbonyl (C=O) groups excluding carboxylic acids is 2. The Hall–Kier alpha value is -3.87. The Bertz CT molecular complexity index is 1240. The van der Waals surface area contributed by atoms with Gasteiger partial charge in [-0.3, -0.25) is 41.4 Å². The molecule has 0 fully saturated rings. The molecule has 0 bridgehead atoms. The van der Waals surface area contributed by atoms with E-state index in [4.69, 9.17) is 39.5 Å². The summed E-state index contributed by atoms with van der Waals surface area (Å²) in [6, 6.07) is 10.5. The third kappa shape index (κ3) is 6.57. The molecule has 0 saturated carbocycles. The third-order valence-corrected chi connectivity index (χ3v) is 4.72. The zero-order chi connectivity index (χ0) is 24.7. The molecule has 0 atom stereocenters. The molecule has 176 valence electrons. The van der Waals surface area contributed by atoms with Gasteiger partial charge in [0.1, 0.15) is 12.1 Å². The van der Waals surface area contributed by atoms with Gasteiger partial charge >= 0.3 is 5.69 Å². The number of benzene rings is 2. The van der Waals surface area contributed by atoms with E-state index in [1.165, 1.54) is 30.3 Å². The molecular weight excluding hydrogens is 513 g/mol. The average Bonchev–Trinajstić information content (AvgIpc) is 2.80. The van der Waals surface area contributed by atoms with E-state index >= 15 is 0 Å². The first-order valence-electron chi connectivity index (χ1n) is 9.18. The molecule has 2 aromatic carbocycles. The van der Waals surface area contributed by atoms with Crippen molar-refractivity contribution in [3.63, 3.8) is 0 Å². The number of rotatable bonds is 9. The van der Waals surface area contributed by atoms with Crippen LogP contribution in [0.4, 0.5) is 17.3 Å². The van der Waals surface area contributed by atoms with Gasteiger partial charge in [0, 0.05) is 15.6 Å². The van der Waals surface area contributed by atoms with Gasteiger partial charge in [-0.15, -0.1) is 0 Å². The van der Waals surface area contributed by atoms with E-state index in [1.807, 2.05) is 0 Å². The Kier molecular flexibility index (Phi) is 8.24. The summed E-state index contributed by atoms with van der Waals surface area (Å²) < 4.78 is 5.28. The van der Waals surface area contributed by atoms with Crippen LogP contribution in [0.2, 0.25) is 15.1 Å². The number of carbonyl (C=O) groups is 2. The van der Waals surface area contributed by atoms with Crippen molar-refractivity contribution in [3.8, 4) is 5.75 Å². The molecule has 1 heterocycles. The lowest BCUT2D eigenvalue weighted by atomic mass is 10.2. The summed E-state index contributed by atoms with van der Waals surface area (Å²) >= 11 is 17.6. The molecular formula is C19H14Cl3N7O5. The van der Waals surface area contributed by atoms with Crippen LogP contribution in [0.15, 0.2) is 48.8 Å². The molecule has 2 amide bonds. The number of anilines is 2. The molecule has 1 aromatic heterocycles. The maximum Gasteiger partial charge on any atom is 0.356 e. The molecule has 0 aliphatic carbocycles. The fraction of sp³-hybridized carbons (Fsp3) is 0.0526. The van der Waals surface area contributed by atoms with Gasteiger partial charge in [-0.2, -0.15) is 0 Å². The van der Waals surface area contributed by atoms with Crippen molar-refractivity contribution in [1.29, 1.82) is 0 Å². The van der Waals surface area contributed by atoms with Gasteiger partial charge in [0.05, 0.1) is 9.95 Å². The van der Waals surface area contributed by atoms with Crippen LogP contribution in [-0.4, -0.2) is 33.3 Å². The summed E-state index contributed by atoms with van der Waals surface area (Å²) in [5.74, 6) is -1.77. The van der Waals surface area contributed by atoms with E-state index < -0.39 is 29.0 Å². The fourth-order valence-electron chi connectivity index (χ4n) is 2.45. The van der Waals surface area contributed by atoms with E-state index in [9.17, 15) is 19.7 Å². The minimum Gasteiger partial charge on any atom is -0.482 e. The van der Waals surface area contributed by atoms with Crippen molar-refractivity contribution in [1.82, 2.24) is 20.8 Å². The van der Waals surface area contributed by atoms with Crippen LogP contribution >= 0.6 is 34.8 Å². The lowest BCUT2D eigenvalue weighted by molar-refractivity contribution is -0.383. The molecule has 3 aromatic rings. The van der Waals surface area contributed by atoms with Gasteiger partial charge in [0.2, 0.25) is 11.6 Å². The molecule has 4 N–H and O–H groups in total. The Labute approximate surface area is 206 Å². The minimum absolute atomic E-state index is 0.204. The summed E-state index contributed by atoms with van der Waals surface area (Å²) in [5, 5.41) is 12.5. The molecule has 0 radical (unpaired) electrons. The Morgan fingerprint density at radius 1 is 0.971 bits per heavy atom. The Morgan fingerprint density at radius 2 is 1.65 bits per heavy atom. The first-order valence-corrected chi connectivity index (χ1v) is 10.3. The number of nitrogens with zero attached hydrogens (tertiary/aromatic N) is 3. The number of ether oxygens (including phenoxy) is 1. The number of nitrogens with one attached hydrogen (secondary N) is 4. The summed E-state index contributed by atoms with van der Waals surface area (Å²) in [6.45, 7) is -0.464. The average molecular weight is 527 g/mol. The van der Waals surface area contributed by atoms with Crippen molar-refractivity contribution < 1.29 is 19.2 Å². The molecule has 15 heteroatoms. The van der Waals surface area contributed by atoms with E-state index in [0.717, 1.165) is 6.33 Å². The number of hydrazine groups is 2. The second kappa shape index (κ2) is 11.3. The molecule has 0 aliphatic heterocycles. The van der Waals surface area contributed by atoms with Crippen molar-refractivity contribution in [2.75, 3.05) is 17.5 Å². The highest BCUT2D eigenvalue weighted by Gasteiger charge is 2.24. The third-order valence-electron chi connectivity index (χ3n) is 3.96. The van der Waals surface area contributed by atoms with Crippen molar-refractivity contribution in [3.05, 3.63) is 79.5 Å². The van der Waals surface area contributed by atoms with Crippen LogP contribution in [0.3, 0.4) is 0 Å². The predicted molar refractivity (Wildman–Crippen MR) is 125 cm³/mol. The SMILES string of the molecule is O=C(COc1ccc(Cl)cc1Cl)NNc1ncnc(NNC(=O)c2cccc(Cl)c2)c1[N+](=O)[O-]. The first-order chi connectivity index (χ1) is 16.2. The smallest absolute Gasteiger partial charge is 0.356 e. The van der Waals surface area contributed by atoms with Gasteiger partial charge in [0.25, 0.3) is 11.8 Å². The summed E-state index contributed by atoms with van der Waals surface area (Å²) in [4.78, 5) is 42.6. The Morgan fingerprint density at radius 3 is 2.29 bits per heavy atom. The zero-order valence-electron chi connectivity index (χ0n) is 16.8. The maximum atomic E-state index is 12.2. The second-order valence-electron chi connectivity index (χ2n) is 6.30. The van der Waals surface area contributed by atoms with E-state index in [2.05, 4.69) is 31.7 Å². The standard InChI is InChI=1S/C19H14Cl3N7O5/c20-11-3-1-2-10(6-11)19(31)28-27-18-16(29(32)33)17(23-9-24-18)26-25-15(30)8-34-14-5-4-12(21)7-13(14)22/h1-7,9H,8H2,(H,25,30)(H,28,31)(H2,23,24,26,27). The monoisotopic (exact) mass is 525 g/mol. The normalized spacial score (nSPS) is 10.2. The molecule has 0 saturated heterocycles. The number of halogens is 3. The van der Waals surface area contributed by atoms with Crippen molar-refractivity contribution in [2.45, 2.75) is 0 Å². The van der Waals surface area contributed by atoms with E-state index in [0.29, 0.717) is 10.0 Å². The largest absolute Gasteiger partial charge is 0.482 e. The number of nitro groups is 1. The van der Waals surface area contributed by atoms with Crippen LogP contribution in [0.5, 0.6) is 5.75 Å². The van der Waals surface area contributed by atoms with Gasteiger partial charge in [-0.1, -0.05) is 40.9 Å². The first kappa shape index (κ1) is 24.8. The summed E-state index contributed by atoms with van der Waals surface area (Å²) in [5.41, 5.74) is 8.74. The number of aromatic nitrogens is 2. The summed E-state index contributed by atoms with van der Waals surface area (Å²) in [6.07, 6.45) is 0.985. The fourth-order valence-corrected chi connectivity index (χ4v) is 3.11. The number of amides is 2. The van der Waals surface area contributed by atoms with Crippen molar-refractivity contribution in [2.24, 2.45) is 0 Å². The maximum absolute atomic E-state index is 12.2. The lowest BCUT2D eigenvalue weighted by Gasteiger charge is -2.12. The highest BCUT2D eigenvalue weighted by Crippen LogP contribution is 2.28. The minimum atomic E-state index is -0.799. The van der Waals surface area contributed by atoms with Crippen molar-refractivity contribution >= 4 is 63.9 Å². The molecule has 12 nitrogen and oxygen atoms in total. The molecule has 34 heavy (non-hydrogen) atoms. The topological polar surface area (TPSA) is 160 Å². The highest BCUT2D eigenvalue weighted by molar-refractivity contribution is 6.35. The molecule has 0 unspecified atom stereocenters. The van der Waals surface area contributed by atoms with Crippen LogP contribution in [0.25, 0.3) is 0 Å². The quantitative estimate of drug-likeness (QED) is 0.241. The van der Waals surface area contributed by atoms with Gasteiger partial charge in [-0.25, -0.2) is 9.97 Å². The number of hydrogen-bond acceptors (Lipinski definition) is 9. The highest BCUT2D eigenvalue weighted by atomic mass is 35.5. The predicted octanol–water partition coefficient (Wildman–Crippen LogP) is 3.62. The molecule has 0 aliphatic rings. The van der Waals surface area contributed by atoms with Gasteiger partial charge in [0.15, 0.2) is 6.61 Å². The lowest BCUT2D eigenvalue weighted by Crippen LogP contribution is -2.34.